The molecule has 2 heterocycles. The van der Waals surface area contributed by atoms with Gasteiger partial charge in [-0.25, -0.2) is 0 Å². The number of pyridine rings is 1. The Bertz CT molecular complexity index is 619. The maximum absolute atomic E-state index is 12.0. The summed E-state index contributed by atoms with van der Waals surface area (Å²) in [6.07, 6.45) is 1.77. The summed E-state index contributed by atoms with van der Waals surface area (Å²) in [7, 11) is 1.51. The number of aryl methyl sites for hydroxylation is 1. The van der Waals surface area contributed by atoms with Crippen LogP contribution >= 0.6 is 15.9 Å². The highest BCUT2D eigenvalue weighted by Gasteiger charge is 2.11. The first-order valence-electron chi connectivity index (χ1n) is 4.77. The first-order valence-corrected chi connectivity index (χ1v) is 5.57. The minimum Gasteiger partial charge on any atom is -0.481 e. The molecular weight excluding hydrogens is 272 g/mol. The van der Waals surface area contributed by atoms with Gasteiger partial charge in [-0.3, -0.25) is 9.20 Å². The molecule has 84 valence electrons. The van der Waals surface area contributed by atoms with E-state index in [4.69, 9.17) is 4.74 Å². The minimum atomic E-state index is -0.105. The number of hydrogen-bond acceptors (Lipinski definition) is 3. The maximum atomic E-state index is 12.0. The third kappa shape index (κ3) is 1.61. The van der Waals surface area contributed by atoms with Gasteiger partial charge in [0.1, 0.15) is 0 Å². The van der Waals surface area contributed by atoms with Crippen molar-refractivity contribution in [1.29, 1.82) is 0 Å². The average Bonchev–Trinajstić information content (AvgIpc) is 2.24. The van der Waals surface area contributed by atoms with Gasteiger partial charge in [-0.05, 0) is 41.4 Å². The zero-order chi connectivity index (χ0) is 11.9. The molecule has 0 aliphatic rings. The molecule has 5 heteroatoms. The molecule has 16 heavy (non-hydrogen) atoms. The Kier molecular flexibility index (Phi) is 2.71. The number of fused-ring (bicyclic) bond motifs is 1. The Morgan fingerprint density at radius 3 is 2.75 bits per heavy atom. The number of aromatic nitrogens is 2. The molecule has 0 fully saturated rings. The van der Waals surface area contributed by atoms with Crippen molar-refractivity contribution in [2.75, 3.05) is 7.11 Å². The molecule has 2 rings (SSSR count). The fourth-order valence-corrected chi connectivity index (χ4v) is 2.24. The van der Waals surface area contributed by atoms with Gasteiger partial charge in [-0.1, -0.05) is 0 Å². The summed E-state index contributed by atoms with van der Waals surface area (Å²) in [6, 6.07) is 1.91. The molecular formula is C11H11BrN2O2. The van der Waals surface area contributed by atoms with Crippen LogP contribution in [0.1, 0.15) is 11.1 Å². The monoisotopic (exact) mass is 282 g/mol. The Hall–Kier alpha value is -1.36. The Morgan fingerprint density at radius 2 is 2.12 bits per heavy atom. The van der Waals surface area contributed by atoms with Gasteiger partial charge in [0.05, 0.1) is 17.1 Å². The number of halogens is 1. The lowest BCUT2D eigenvalue weighted by Gasteiger charge is -2.08. The zero-order valence-corrected chi connectivity index (χ0v) is 10.8. The number of ether oxygens (including phenoxy) is 1. The fraction of sp³-hybridized carbons (Fsp3) is 0.273. The van der Waals surface area contributed by atoms with E-state index in [1.165, 1.54) is 11.5 Å². The van der Waals surface area contributed by atoms with Gasteiger partial charge in [0, 0.05) is 6.20 Å². The van der Waals surface area contributed by atoms with Crippen LogP contribution in [0.5, 0.6) is 5.88 Å². The second-order valence-electron chi connectivity index (χ2n) is 3.61. The van der Waals surface area contributed by atoms with Crippen LogP contribution in [0.3, 0.4) is 0 Å². The molecule has 2 aromatic rings. The van der Waals surface area contributed by atoms with Crippen molar-refractivity contribution in [2.45, 2.75) is 13.8 Å². The van der Waals surface area contributed by atoms with Gasteiger partial charge in [0.25, 0.3) is 5.56 Å². The molecule has 0 saturated heterocycles. The van der Waals surface area contributed by atoms with Crippen molar-refractivity contribution in [2.24, 2.45) is 0 Å². The molecule has 4 nitrogen and oxygen atoms in total. The minimum absolute atomic E-state index is 0.105. The third-order valence-corrected chi connectivity index (χ3v) is 2.97. The van der Waals surface area contributed by atoms with Crippen molar-refractivity contribution in [3.8, 4) is 5.88 Å². The number of nitrogens with zero attached hydrogens (tertiary/aromatic N) is 2. The first-order chi connectivity index (χ1) is 7.54. The lowest BCUT2D eigenvalue weighted by atomic mass is 10.3. The van der Waals surface area contributed by atoms with E-state index < -0.39 is 0 Å². The van der Waals surface area contributed by atoms with E-state index in [1.54, 1.807) is 13.1 Å². The summed E-state index contributed by atoms with van der Waals surface area (Å²) in [6.45, 7) is 3.63. The molecule has 0 bridgehead atoms. The van der Waals surface area contributed by atoms with Crippen LogP contribution in [0.4, 0.5) is 0 Å². The summed E-state index contributed by atoms with van der Waals surface area (Å²) >= 11 is 3.39. The smallest absolute Gasteiger partial charge is 0.264 e. The van der Waals surface area contributed by atoms with E-state index in [2.05, 4.69) is 20.9 Å². The second kappa shape index (κ2) is 3.90. The Morgan fingerprint density at radius 1 is 1.44 bits per heavy atom. The maximum Gasteiger partial charge on any atom is 0.264 e. The van der Waals surface area contributed by atoms with E-state index in [0.29, 0.717) is 17.1 Å². The van der Waals surface area contributed by atoms with Gasteiger partial charge in [-0.2, -0.15) is 4.98 Å². The van der Waals surface area contributed by atoms with E-state index in [1.807, 2.05) is 13.0 Å². The number of hydrogen-bond donors (Lipinski definition) is 0. The van der Waals surface area contributed by atoms with Crippen LogP contribution in [0.25, 0.3) is 5.65 Å². The van der Waals surface area contributed by atoms with Gasteiger partial charge < -0.3 is 4.74 Å². The normalized spacial score (nSPS) is 10.8. The van der Waals surface area contributed by atoms with Gasteiger partial charge in [0.2, 0.25) is 5.88 Å². The second-order valence-corrected chi connectivity index (χ2v) is 4.46. The third-order valence-electron chi connectivity index (χ3n) is 2.39. The van der Waals surface area contributed by atoms with Crippen molar-refractivity contribution in [1.82, 2.24) is 9.38 Å². The SMILES string of the molecule is COc1nc2c(Br)cc(C)cn2c(=O)c1C. The van der Waals surface area contributed by atoms with Crippen molar-refractivity contribution < 1.29 is 4.74 Å². The number of methoxy groups -OCH3 is 1. The molecule has 2 aromatic heterocycles. The van der Waals surface area contributed by atoms with Crippen LogP contribution in [0, 0.1) is 13.8 Å². The Labute approximate surface area is 101 Å². The predicted molar refractivity (Wildman–Crippen MR) is 65.2 cm³/mol. The molecule has 0 radical (unpaired) electrons. The fourth-order valence-electron chi connectivity index (χ4n) is 1.59. The van der Waals surface area contributed by atoms with E-state index in [0.717, 1.165) is 10.0 Å². The van der Waals surface area contributed by atoms with Crippen LogP contribution < -0.4 is 10.3 Å². The van der Waals surface area contributed by atoms with Gasteiger partial charge >= 0.3 is 0 Å². The highest BCUT2D eigenvalue weighted by molar-refractivity contribution is 9.10. The van der Waals surface area contributed by atoms with Crippen molar-refractivity contribution in [3.63, 3.8) is 0 Å². The van der Waals surface area contributed by atoms with Crippen molar-refractivity contribution >= 4 is 21.6 Å². The lowest BCUT2D eigenvalue weighted by molar-refractivity contribution is 0.394. The zero-order valence-electron chi connectivity index (χ0n) is 9.24. The summed E-state index contributed by atoms with van der Waals surface area (Å²) in [5.74, 6) is 0.370. The molecule has 0 N–H and O–H groups in total. The molecule has 0 aliphatic carbocycles. The predicted octanol–water partition coefficient (Wildman–Crippen LogP) is 2.08. The van der Waals surface area contributed by atoms with Crippen molar-refractivity contribution in [3.05, 3.63) is 38.2 Å². The Balaban J connectivity index is 2.99. The summed E-state index contributed by atoms with van der Waals surface area (Å²) in [5.41, 5.74) is 1.97. The number of rotatable bonds is 1. The summed E-state index contributed by atoms with van der Waals surface area (Å²) in [4.78, 5) is 16.3. The van der Waals surface area contributed by atoms with Crippen LogP contribution in [-0.2, 0) is 0 Å². The highest BCUT2D eigenvalue weighted by Crippen LogP contribution is 2.20. The molecule has 0 spiro atoms. The van der Waals surface area contributed by atoms with Gasteiger partial charge in [0.15, 0.2) is 5.65 Å². The van der Waals surface area contributed by atoms with E-state index >= 15 is 0 Å². The van der Waals surface area contributed by atoms with E-state index in [9.17, 15) is 4.79 Å². The molecule has 0 saturated carbocycles. The highest BCUT2D eigenvalue weighted by atomic mass is 79.9. The molecule has 0 aromatic carbocycles. The standard InChI is InChI=1S/C11H11BrN2O2/c1-6-4-8(12)9-13-10(16-3)7(2)11(15)14(9)5-6/h4-5H,1-3H3. The van der Waals surface area contributed by atoms with E-state index in [-0.39, 0.29) is 5.56 Å². The van der Waals surface area contributed by atoms with Crippen LogP contribution in [0.15, 0.2) is 21.5 Å². The summed E-state index contributed by atoms with van der Waals surface area (Å²) < 4.78 is 7.38. The van der Waals surface area contributed by atoms with Crippen LogP contribution in [0.2, 0.25) is 0 Å². The topological polar surface area (TPSA) is 43.6 Å². The quantitative estimate of drug-likeness (QED) is 0.804. The summed E-state index contributed by atoms with van der Waals surface area (Å²) in [5, 5.41) is 0. The molecule has 0 atom stereocenters. The molecule has 0 aliphatic heterocycles. The average molecular weight is 283 g/mol. The first kappa shape index (κ1) is 11.1. The van der Waals surface area contributed by atoms with Gasteiger partial charge in [-0.15, -0.1) is 0 Å². The molecule has 0 amide bonds. The molecule has 0 unspecified atom stereocenters. The largest absolute Gasteiger partial charge is 0.481 e. The lowest BCUT2D eigenvalue weighted by Crippen LogP contribution is -2.19. The van der Waals surface area contributed by atoms with Crippen LogP contribution in [-0.4, -0.2) is 16.5 Å².